The lowest BCUT2D eigenvalue weighted by molar-refractivity contribution is -0.146. The van der Waals surface area contributed by atoms with E-state index in [2.05, 4.69) is 0 Å². The largest absolute Gasteiger partial charge is 0.464 e. The number of carbonyl (C=O) groups excluding carboxylic acids is 1. The zero-order valence-corrected chi connectivity index (χ0v) is 14.2. The lowest BCUT2D eigenvalue weighted by Crippen LogP contribution is -2.21. The zero-order chi connectivity index (χ0) is 18.0. The number of aliphatic hydroxyl groups excluding tert-OH is 1. The molecule has 1 heterocycles. The molecule has 3 rings (SSSR count). The molecule has 1 N–H and O–H groups in total. The Kier molecular flexibility index (Phi) is 4.86. The van der Waals surface area contributed by atoms with Crippen LogP contribution in [0.3, 0.4) is 0 Å². The van der Waals surface area contributed by atoms with Crippen LogP contribution >= 0.6 is 0 Å². The Morgan fingerprint density at radius 2 is 1.88 bits per heavy atom. The lowest BCUT2D eigenvalue weighted by atomic mass is 10.0. The van der Waals surface area contributed by atoms with Crippen LogP contribution in [0.1, 0.15) is 25.6 Å². The molecule has 1 atom stereocenters. The highest BCUT2D eigenvalue weighted by molar-refractivity contribution is 5.99. The molecule has 0 amide bonds. The van der Waals surface area contributed by atoms with Crippen molar-refractivity contribution in [2.45, 2.75) is 26.5 Å². The van der Waals surface area contributed by atoms with Crippen molar-refractivity contribution in [3.63, 3.8) is 0 Å². The van der Waals surface area contributed by atoms with E-state index in [0.29, 0.717) is 12.3 Å². The summed E-state index contributed by atoms with van der Waals surface area (Å²) in [7, 11) is 0. The minimum atomic E-state index is -0.582. The average molecular weight is 341 g/mol. The summed E-state index contributed by atoms with van der Waals surface area (Å²) in [5, 5.41) is 10.9. The number of hydrogen-bond donors (Lipinski definition) is 1. The molecular formula is C20H20FNO3. The quantitative estimate of drug-likeness (QED) is 0.712. The molecule has 3 aromatic rings. The molecule has 0 spiro atoms. The monoisotopic (exact) mass is 341 g/mol. The van der Waals surface area contributed by atoms with E-state index in [1.807, 2.05) is 24.3 Å². The number of aromatic nitrogens is 1. The first-order valence-electron chi connectivity index (χ1n) is 8.23. The summed E-state index contributed by atoms with van der Waals surface area (Å²) in [4.78, 5) is 12.3. The highest BCUT2D eigenvalue weighted by atomic mass is 19.1. The predicted molar refractivity (Wildman–Crippen MR) is 94.6 cm³/mol. The van der Waals surface area contributed by atoms with Gasteiger partial charge in [0.25, 0.3) is 0 Å². The van der Waals surface area contributed by atoms with Gasteiger partial charge in [0.2, 0.25) is 0 Å². The molecule has 0 fully saturated rings. The van der Waals surface area contributed by atoms with Gasteiger partial charge in [0.05, 0.1) is 18.9 Å². The second-order valence-corrected chi connectivity index (χ2v) is 5.80. The van der Waals surface area contributed by atoms with Gasteiger partial charge >= 0.3 is 5.97 Å². The summed E-state index contributed by atoms with van der Waals surface area (Å²) in [6.07, 6.45) is 0. The molecule has 2 aromatic carbocycles. The fraction of sp³-hybridized carbons (Fsp3) is 0.250. The highest BCUT2D eigenvalue weighted by Gasteiger charge is 2.25. The van der Waals surface area contributed by atoms with Crippen LogP contribution in [-0.2, 0) is 16.1 Å². The van der Waals surface area contributed by atoms with Gasteiger partial charge in [-0.25, -0.2) is 9.18 Å². The van der Waals surface area contributed by atoms with Gasteiger partial charge in [-0.1, -0.05) is 30.3 Å². The second kappa shape index (κ2) is 7.07. The average Bonchev–Trinajstić information content (AvgIpc) is 2.96. The van der Waals surface area contributed by atoms with E-state index in [9.17, 15) is 14.3 Å². The molecule has 25 heavy (non-hydrogen) atoms. The third kappa shape index (κ3) is 3.03. The van der Waals surface area contributed by atoms with Crippen LogP contribution in [0.5, 0.6) is 0 Å². The molecule has 0 aliphatic carbocycles. The fourth-order valence-corrected chi connectivity index (χ4v) is 3.22. The van der Waals surface area contributed by atoms with Crippen molar-refractivity contribution in [2.75, 3.05) is 6.61 Å². The van der Waals surface area contributed by atoms with E-state index in [-0.39, 0.29) is 18.4 Å². The van der Waals surface area contributed by atoms with Gasteiger partial charge in [0.15, 0.2) is 0 Å². The SMILES string of the molecule is CCOC(=O)C(C)n1c(CO)c(-c2ccc(F)cc2)c2ccccc21. The summed E-state index contributed by atoms with van der Waals surface area (Å²) in [5.41, 5.74) is 3.02. The molecule has 0 radical (unpaired) electrons. The molecule has 0 saturated heterocycles. The number of rotatable bonds is 5. The number of ether oxygens (including phenoxy) is 1. The lowest BCUT2D eigenvalue weighted by Gasteiger charge is -2.17. The molecule has 1 unspecified atom stereocenters. The minimum Gasteiger partial charge on any atom is -0.464 e. The van der Waals surface area contributed by atoms with Crippen LogP contribution in [0.25, 0.3) is 22.0 Å². The number of esters is 1. The number of fused-ring (bicyclic) bond motifs is 1. The first-order valence-corrected chi connectivity index (χ1v) is 8.23. The number of carbonyl (C=O) groups is 1. The summed E-state index contributed by atoms with van der Waals surface area (Å²) in [6.45, 7) is 3.56. The number of para-hydroxylation sites is 1. The normalized spacial score (nSPS) is 12.3. The maximum absolute atomic E-state index is 13.3. The molecular weight excluding hydrogens is 321 g/mol. The Bertz CT molecular complexity index is 899. The van der Waals surface area contributed by atoms with Gasteiger partial charge in [0.1, 0.15) is 11.9 Å². The second-order valence-electron chi connectivity index (χ2n) is 5.80. The topological polar surface area (TPSA) is 51.5 Å². The van der Waals surface area contributed by atoms with Crippen molar-refractivity contribution in [1.82, 2.24) is 4.57 Å². The smallest absolute Gasteiger partial charge is 0.328 e. The van der Waals surface area contributed by atoms with E-state index in [1.165, 1.54) is 12.1 Å². The van der Waals surface area contributed by atoms with Gasteiger partial charge in [0, 0.05) is 16.5 Å². The van der Waals surface area contributed by atoms with Crippen molar-refractivity contribution >= 4 is 16.9 Å². The highest BCUT2D eigenvalue weighted by Crippen LogP contribution is 2.37. The molecule has 0 saturated carbocycles. The third-order valence-electron chi connectivity index (χ3n) is 4.31. The predicted octanol–water partition coefficient (Wildman–Crippen LogP) is 4.06. The van der Waals surface area contributed by atoms with Gasteiger partial charge in [-0.05, 0) is 37.6 Å². The van der Waals surface area contributed by atoms with E-state index in [0.717, 1.165) is 22.0 Å². The maximum Gasteiger partial charge on any atom is 0.328 e. The molecule has 0 bridgehead atoms. The zero-order valence-electron chi connectivity index (χ0n) is 14.2. The summed E-state index contributed by atoms with van der Waals surface area (Å²) in [5.74, 6) is -0.679. The number of aliphatic hydroxyl groups is 1. The van der Waals surface area contributed by atoms with Crippen LogP contribution in [0.4, 0.5) is 4.39 Å². The van der Waals surface area contributed by atoms with Gasteiger partial charge in [-0.15, -0.1) is 0 Å². The van der Waals surface area contributed by atoms with E-state index >= 15 is 0 Å². The van der Waals surface area contributed by atoms with E-state index in [1.54, 1.807) is 30.5 Å². The Morgan fingerprint density at radius 1 is 1.20 bits per heavy atom. The molecule has 1 aromatic heterocycles. The summed E-state index contributed by atoms with van der Waals surface area (Å²) < 4.78 is 20.3. The number of hydrogen-bond acceptors (Lipinski definition) is 3. The number of nitrogens with zero attached hydrogens (tertiary/aromatic N) is 1. The molecule has 0 aliphatic rings. The fourth-order valence-electron chi connectivity index (χ4n) is 3.22. The third-order valence-corrected chi connectivity index (χ3v) is 4.31. The van der Waals surface area contributed by atoms with Crippen molar-refractivity contribution < 1.29 is 19.0 Å². The maximum atomic E-state index is 13.3. The van der Waals surface area contributed by atoms with Gasteiger partial charge < -0.3 is 14.4 Å². The Balaban J connectivity index is 2.27. The van der Waals surface area contributed by atoms with Crippen LogP contribution in [-0.4, -0.2) is 22.2 Å². The number of benzene rings is 2. The first kappa shape index (κ1) is 17.2. The Morgan fingerprint density at radius 3 is 2.52 bits per heavy atom. The Hall–Kier alpha value is -2.66. The van der Waals surface area contributed by atoms with Crippen molar-refractivity contribution in [3.05, 3.63) is 60.0 Å². The van der Waals surface area contributed by atoms with Crippen LogP contribution in [0, 0.1) is 5.82 Å². The first-order chi connectivity index (χ1) is 12.1. The summed E-state index contributed by atoms with van der Waals surface area (Å²) in [6, 6.07) is 13.2. The minimum absolute atomic E-state index is 0.245. The van der Waals surface area contributed by atoms with Crippen molar-refractivity contribution in [1.29, 1.82) is 0 Å². The van der Waals surface area contributed by atoms with Crippen molar-refractivity contribution in [2.24, 2.45) is 0 Å². The van der Waals surface area contributed by atoms with Crippen LogP contribution < -0.4 is 0 Å². The number of halogens is 1. The standard InChI is InChI=1S/C20H20FNO3/c1-3-25-20(24)13(2)22-17-7-5-4-6-16(17)19(18(22)12-23)14-8-10-15(21)11-9-14/h4-11,13,23H,3,12H2,1-2H3. The summed E-state index contributed by atoms with van der Waals surface area (Å²) >= 11 is 0. The van der Waals surface area contributed by atoms with E-state index < -0.39 is 6.04 Å². The van der Waals surface area contributed by atoms with Gasteiger partial charge in [-0.2, -0.15) is 0 Å². The molecule has 0 aliphatic heterocycles. The molecule has 4 nitrogen and oxygen atoms in total. The molecule has 5 heteroatoms. The van der Waals surface area contributed by atoms with E-state index in [4.69, 9.17) is 4.74 Å². The van der Waals surface area contributed by atoms with Gasteiger partial charge in [-0.3, -0.25) is 0 Å². The van der Waals surface area contributed by atoms with Crippen LogP contribution in [0.15, 0.2) is 48.5 Å². The Labute approximate surface area is 145 Å². The van der Waals surface area contributed by atoms with Crippen molar-refractivity contribution in [3.8, 4) is 11.1 Å². The molecule has 130 valence electrons. The van der Waals surface area contributed by atoms with Crippen LogP contribution in [0.2, 0.25) is 0 Å².